The normalized spacial score (nSPS) is 10.8. The molecule has 0 fully saturated rings. The molecular formula is C25H20FNO4. The zero-order valence-corrected chi connectivity index (χ0v) is 17.1. The Morgan fingerprint density at radius 1 is 0.935 bits per heavy atom. The zero-order chi connectivity index (χ0) is 22.0. The van der Waals surface area contributed by atoms with Gasteiger partial charge in [-0.15, -0.1) is 0 Å². The van der Waals surface area contributed by atoms with Gasteiger partial charge in [-0.25, -0.2) is 4.39 Å². The number of carbonyl (C=O) groups is 1. The maximum Gasteiger partial charge on any atom is 0.200 e. The van der Waals surface area contributed by atoms with Crippen molar-refractivity contribution in [1.82, 2.24) is 4.57 Å². The lowest BCUT2D eigenvalue weighted by Crippen LogP contribution is -2.20. The number of fused-ring (bicyclic) bond motifs is 1. The van der Waals surface area contributed by atoms with E-state index in [1.165, 1.54) is 32.5 Å². The predicted octanol–water partition coefficient (Wildman–Crippen LogP) is 4.44. The van der Waals surface area contributed by atoms with Gasteiger partial charge < -0.3 is 14.0 Å². The first-order valence-corrected chi connectivity index (χ1v) is 9.65. The number of halogens is 1. The molecule has 0 spiro atoms. The molecule has 1 aromatic heterocycles. The number of carbonyl (C=O) groups excluding carboxylic acids is 1. The molecule has 0 aliphatic rings. The van der Waals surface area contributed by atoms with Crippen molar-refractivity contribution in [2.24, 2.45) is 0 Å². The van der Waals surface area contributed by atoms with Crippen molar-refractivity contribution in [1.29, 1.82) is 0 Å². The number of nitrogens with zero attached hydrogens (tertiary/aromatic N) is 1. The number of methoxy groups -OCH3 is 2. The van der Waals surface area contributed by atoms with E-state index >= 15 is 0 Å². The fourth-order valence-corrected chi connectivity index (χ4v) is 3.60. The zero-order valence-electron chi connectivity index (χ0n) is 17.1. The summed E-state index contributed by atoms with van der Waals surface area (Å²) in [6.07, 6.45) is 1.54. The van der Waals surface area contributed by atoms with Crippen LogP contribution < -0.4 is 14.9 Å². The van der Waals surface area contributed by atoms with Gasteiger partial charge in [0.25, 0.3) is 0 Å². The molecule has 0 unspecified atom stereocenters. The van der Waals surface area contributed by atoms with Gasteiger partial charge >= 0.3 is 0 Å². The van der Waals surface area contributed by atoms with Crippen LogP contribution in [0.25, 0.3) is 10.9 Å². The van der Waals surface area contributed by atoms with Crippen LogP contribution in [-0.4, -0.2) is 24.6 Å². The molecular weight excluding hydrogens is 397 g/mol. The number of ether oxygens (including phenoxy) is 2. The first kappa shape index (κ1) is 20.3. The molecule has 0 aliphatic heterocycles. The number of aromatic nitrogens is 1. The highest BCUT2D eigenvalue weighted by atomic mass is 19.1. The number of hydrogen-bond acceptors (Lipinski definition) is 4. The Labute approximate surface area is 178 Å². The van der Waals surface area contributed by atoms with Gasteiger partial charge in [-0.3, -0.25) is 9.59 Å². The van der Waals surface area contributed by atoms with Gasteiger partial charge in [0.1, 0.15) is 5.82 Å². The largest absolute Gasteiger partial charge is 0.493 e. The summed E-state index contributed by atoms with van der Waals surface area (Å²) in [7, 11) is 2.99. The van der Waals surface area contributed by atoms with E-state index in [4.69, 9.17) is 9.47 Å². The van der Waals surface area contributed by atoms with Crippen LogP contribution in [0.2, 0.25) is 0 Å². The summed E-state index contributed by atoms with van der Waals surface area (Å²) < 4.78 is 26.0. The quantitative estimate of drug-likeness (QED) is 0.436. The van der Waals surface area contributed by atoms with Crippen LogP contribution >= 0.6 is 0 Å². The van der Waals surface area contributed by atoms with Gasteiger partial charge in [0.2, 0.25) is 5.43 Å². The second kappa shape index (κ2) is 8.44. The molecule has 156 valence electrons. The van der Waals surface area contributed by atoms with Crippen LogP contribution in [0.4, 0.5) is 4.39 Å². The topological polar surface area (TPSA) is 57.5 Å². The van der Waals surface area contributed by atoms with Crippen LogP contribution in [0.3, 0.4) is 0 Å². The Kier molecular flexibility index (Phi) is 5.54. The Morgan fingerprint density at radius 2 is 1.71 bits per heavy atom. The molecule has 3 aromatic carbocycles. The van der Waals surface area contributed by atoms with Crippen molar-refractivity contribution < 1.29 is 18.7 Å². The minimum Gasteiger partial charge on any atom is -0.493 e. The predicted molar refractivity (Wildman–Crippen MR) is 117 cm³/mol. The average Bonchev–Trinajstić information content (AvgIpc) is 2.80. The lowest BCUT2D eigenvalue weighted by atomic mass is 10.0. The van der Waals surface area contributed by atoms with E-state index in [-0.39, 0.29) is 16.8 Å². The molecule has 4 aromatic rings. The fourth-order valence-electron chi connectivity index (χ4n) is 3.60. The third kappa shape index (κ3) is 3.92. The van der Waals surface area contributed by atoms with Gasteiger partial charge in [-0.2, -0.15) is 0 Å². The van der Waals surface area contributed by atoms with E-state index in [1.54, 1.807) is 53.1 Å². The smallest absolute Gasteiger partial charge is 0.200 e. The second-order valence-corrected chi connectivity index (χ2v) is 7.05. The first-order valence-electron chi connectivity index (χ1n) is 9.65. The molecule has 6 heteroatoms. The van der Waals surface area contributed by atoms with E-state index in [1.807, 2.05) is 6.07 Å². The summed E-state index contributed by atoms with van der Waals surface area (Å²) in [5.74, 6) is 0.115. The van der Waals surface area contributed by atoms with E-state index in [9.17, 15) is 14.0 Å². The molecule has 0 saturated carbocycles. The fraction of sp³-hybridized carbons (Fsp3) is 0.120. The molecule has 4 rings (SSSR count). The highest BCUT2D eigenvalue weighted by Crippen LogP contribution is 2.28. The van der Waals surface area contributed by atoms with Crippen molar-refractivity contribution in [3.05, 3.63) is 106 Å². The van der Waals surface area contributed by atoms with Crippen LogP contribution in [-0.2, 0) is 6.54 Å². The van der Waals surface area contributed by atoms with E-state index in [0.29, 0.717) is 34.5 Å². The molecule has 0 bridgehead atoms. The molecule has 0 aliphatic carbocycles. The molecule has 31 heavy (non-hydrogen) atoms. The molecule has 0 N–H and O–H groups in total. The monoisotopic (exact) mass is 417 g/mol. The Bertz CT molecular complexity index is 1340. The lowest BCUT2D eigenvalue weighted by Gasteiger charge is -2.14. The summed E-state index contributed by atoms with van der Waals surface area (Å²) >= 11 is 0. The van der Waals surface area contributed by atoms with Crippen LogP contribution in [0, 0.1) is 5.82 Å². The van der Waals surface area contributed by atoms with E-state index in [2.05, 4.69) is 0 Å². The number of rotatable bonds is 6. The van der Waals surface area contributed by atoms with Crippen LogP contribution in [0.5, 0.6) is 11.5 Å². The average molecular weight is 417 g/mol. The number of hydrogen-bond donors (Lipinski definition) is 0. The summed E-state index contributed by atoms with van der Waals surface area (Å²) in [5, 5.41) is 0.422. The van der Waals surface area contributed by atoms with E-state index in [0.717, 1.165) is 5.56 Å². The highest BCUT2D eigenvalue weighted by molar-refractivity contribution is 6.10. The summed E-state index contributed by atoms with van der Waals surface area (Å²) in [6, 6.07) is 18.1. The minimum absolute atomic E-state index is 0.0299. The summed E-state index contributed by atoms with van der Waals surface area (Å²) in [4.78, 5) is 26.4. The molecule has 0 radical (unpaired) electrons. The van der Waals surface area contributed by atoms with Crippen molar-refractivity contribution in [3.63, 3.8) is 0 Å². The number of para-hydroxylation sites is 1. The molecule has 1 heterocycles. The number of benzene rings is 3. The van der Waals surface area contributed by atoms with Gasteiger partial charge in [-0.1, -0.05) is 24.3 Å². The Balaban J connectivity index is 1.85. The lowest BCUT2D eigenvalue weighted by molar-refractivity contribution is 0.103. The highest BCUT2D eigenvalue weighted by Gasteiger charge is 2.19. The van der Waals surface area contributed by atoms with Crippen molar-refractivity contribution in [2.45, 2.75) is 6.54 Å². The third-order valence-electron chi connectivity index (χ3n) is 5.12. The summed E-state index contributed by atoms with van der Waals surface area (Å²) in [6.45, 7) is 0.310. The van der Waals surface area contributed by atoms with Crippen molar-refractivity contribution >= 4 is 16.7 Å². The van der Waals surface area contributed by atoms with Gasteiger partial charge in [0.05, 0.1) is 25.3 Å². The van der Waals surface area contributed by atoms with Gasteiger partial charge in [0, 0.05) is 23.7 Å². The van der Waals surface area contributed by atoms with Crippen molar-refractivity contribution in [3.8, 4) is 11.5 Å². The SMILES string of the molecule is COc1ccc(C(=O)c2cn(Cc3cccc(F)c3)c3ccccc3c2=O)cc1OC. The standard InChI is InChI=1S/C25H20FNO4/c1-30-22-11-10-17(13-23(22)31-2)24(28)20-15-27(14-16-6-5-7-18(26)12-16)21-9-4-3-8-19(21)25(20)29/h3-13,15H,14H2,1-2H3. The number of ketones is 1. The van der Waals surface area contributed by atoms with E-state index < -0.39 is 5.78 Å². The van der Waals surface area contributed by atoms with Crippen LogP contribution in [0.15, 0.2) is 77.7 Å². The second-order valence-electron chi connectivity index (χ2n) is 7.05. The summed E-state index contributed by atoms with van der Waals surface area (Å²) in [5.41, 5.74) is 1.37. The molecule has 5 nitrogen and oxygen atoms in total. The Morgan fingerprint density at radius 3 is 2.45 bits per heavy atom. The maximum absolute atomic E-state index is 13.7. The minimum atomic E-state index is -0.426. The first-order chi connectivity index (χ1) is 15.0. The third-order valence-corrected chi connectivity index (χ3v) is 5.12. The van der Waals surface area contributed by atoms with Crippen LogP contribution in [0.1, 0.15) is 21.5 Å². The van der Waals surface area contributed by atoms with Crippen molar-refractivity contribution in [2.75, 3.05) is 14.2 Å². The maximum atomic E-state index is 13.7. The molecule has 0 saturated heterocycles. The molecule has 0 atom stereocenters. The molecule has 0 amide bonds. The number of pyridine rings is 1. The Hall–Kier alpha value is -3.93. The van der Waals surface area contributed by atoms with Gasteiger partial charge in [0.15, 0.2) is 17.3 Å². The van der Waals surface area contributed by atoms with Gasteiger partial charge in [-0.05, 0) is 48.0 Å².